The maximum atomic E-state index is 10.7. The number of nitrogens with zero attached hydrogens (tertiary/aromatic N) is 3. The van der Waals surface area contributed by atoms with Gasteiger partial charge in [-0.1, -0.05) is 30.3 Å². The van der Waals surface area contributed by atoms with Crippen LogP contribution in [0, 0.1) is 0 Å². The number of para-hydroxylation sites is 1. The lowest BCUT2D eigenvalue weighted by Gasteiger charge is -2.09. The minimum atomic E-state index is -0.887. The number of aliphatic carboxylic acids is 1. The van der Waals surface area contributed by atoms with E-state index < -0.39 is 5.97 Å². The number of benzene rings is 1. The summed E-state index contributed by atoms with van der Waals surface area (Å²) in [6.45, 7) is 2.05. The molecule has 1 N–H and O–H groups in total. The maximum absolute atomic E-state index is 10.7. The first-order valence-electron chi connectivity index (χ1n) is 5.42. The lowest BCUT2D eigenvalue weighted by Crippen LogP contribution is -2.09. The molecule has 0 radical (unpaired) electrons. The zero-order valence-corrected chi connectivity index (χ0v) is 9.50. The normalized spacial score (nSPS) is 10.4. The molecule has 2 aromatic rings. The van der Waals surface area contributed by atoms with Gasteiger partial charge in [0.1, 0.15) is 0 Å². The van der Waals surface area contributed by atoms with Gasteiger partial charge in [-0.2, -0.15) is 0 Å². The molecule has 0 unspecified atom stereocenters. The summed E-state index contributed by atoms with van der Waals surface area (Å²) in [5.41, 5.74) is 2.59. The standard InChI is InChI=1S/C12H13N3O2/c1-2-9-5-3-4-6-11(9)15-10(7-12(16)17)8-13-14-15/h3-6,8H,2,7H2,1H3,(H,16,17). The molecule has 88 valence electrons. The second-order valence-corrected chi connectivity index (χ2v) is 3.69. The third kappa shape index (κ3) is 2.33. The Morgan fingerprint density at radius 1 is 1.41 bits per heavy atom. The van der Waals surface area contributed by atoms with Crippen LogP contribution >= 0.6 is 0 Å². The molecule has 0 saturated heterocycles. The fourth-order valence-corrected chi connectivity index (χ4v) is 1.75. The minimum absolute atomic E-state index is 0.0783. The van der Waals surface area contributed by atoms with Crippen LogP contribution in [0.1, 0.15) is 18.2 Å². The first-order chi connectivity index (χ1) is 8.22. The molecular weight excluding hydrogens is 218 g/mol. The van der Waals surface area contributed by atoms with Gasteiger partial charge < -0.3 is 5.11 Å². The Bertz CT molecular complexity index is 534. The lowest BCUT2D eigenvalue weighted by atomic mass is 10.1. The smallest absolute Gasteiger partial charge is 0.309 e. The number of hydrogen-bond acceptors (Lipinski definition) is 3. The topological polar surface area (TPSA) is 68.0 Å². The van der Waals surface area contributed by atoms with Gasteiger partial charge in [0.2, 0.25) is 0 Å². The first-order valence-corrected chi connectivity index (χ1v) is 5.42. The monoisotopic (exact) mass is 231 g/mol. The van der Waals surface area contributed by atoms with Crippen LogP contribution in [0.15, 0.2) is 30.5 Å². The molecule has 5 heteroatoms. The molecule has 0 fully saturated rings. The third-order valence-electron chi connectivity index (χ3n) is 2.55. The van der Waals surface area contributed by atoms with E-state index >= 15 is 0 Å². The van der Waals surface area contributed by atoms with Crippen molar-refractivity contribution < 1.29 is 9.90 Å². The van der Waals surface area contributed by atoms with Crippen molar-refractivity contribution in [2.45, 2.75) is 19.8 Å². The Hall–Kier alpha value is -2.17. The van der Waals surface area contributed by atoms with E-state index in [1.54, 1.807) is 4.68 Å². The van der Waals surface area contributed by atoms with Gasteiger partial charge >= 0.3 is 5.97 Å². The van der Waals surface area contributed by atoms with E-state index in [0.29, 0.717) is 5.69 Å². The summed E-state index contributed by atoms with van der Waals surface area (Å²) in [6, 6.07) is 7.78. The summed E-state index contributed by atoms with van der Waals surface area (Å²) in [5, 5.41) is 16.5. The molecule has 1 aromatic carbocycles. The molecule has 0 amide bonds. The molecule has 5 nitrogen and oxygen atoms in total. The SMILES string of the molecule is CCc1ccccc1-n1nncc1CC(=O)O. The molecule has 0 saturated carbocycles. The van der Waals surface area contributed by atoms with Crippen molar-refractivity contribution in [1.82, 2.24) is 15.0 Å². The average Bonchev–Trinajstić information content (AvgIpc) is 2.76. The van der Waals surface area contributed by atoms with E-state index in [9.17, 15) is 4.79 Å². The molecule has 1 aromatic heterocycles. The van der Waals surface area contributed by atoms with Crippen LogP contribution in [-0.2, 0) is 17.6 Å². The predicted molar refractivity (Wildman–Crippen MR) is 62.1 cm³/mol. The molecule has 0 atom stereocenters. The Morgan fingerprint density at radius 2 is 2.18 bits per heavy atom. The van der Waals surface area contributed by atoms with Gasteiger partial charge in [-0.15, -0.1) is 5.10 Å². The molecule has 0 aliphatic carbocycles. The van der Waals surface area contributed by atoms with Crippen molar-refractivity contribution in [2.75, 3.05) is 0 Å². The van der Waals surface area contributed by atoms with E-state index in [4.69, 9.17) is 5.11 Å². The highest BCUT2D eigenvalue weighted by molar-refractivity contribution is 5.69. The van der Waals surface area contributed by atoms with Crippen molar-refractivity contribution in [2.24, 2.45) is 0 Å². The molecular formula is C12H13N3O2. The number of carboxylic acids is 1. The number of carboxylic acid groups (broad SMARTS) is 1. The summed E-state index contributed by atoms with van der Waals surface area (Å²) in [6.07, 6.45) is 2.27. The van der Waals surface area contributed by atoms with E-state index in [1.807, 2.05) is 31.2 Å². The number of aromatic nitrogens is 3. The van der Waals surface area contributed by atoms with Crippen molar-refractivity contribution in [3.8, 4) is 5.69 Å². The Balaban J connectivity index is 2.46. The van der Waals surface area contributed by atoms with Gasteiger partial charge in [0, 0.05) is 0 Å². The average molecular weight is 231 g/mol. The number of aryl methyl sites for hydroxylation is 1. The summed E-state index contributed by atoms with van der Waals surface area (Å²) >= 11 is 0. The van der Waals surface area contributed by atoms with E-state index in [2.05, 4.69) is 10.3 Å². The zero-order chi connectivity index (χ0) is 12.3. The number of carbonyl (C=O) groups is 1. The first kappa shape index (κ1) is 11.3. The molecule has 0 aliphatic rings. The summed E-state index contributed by atoms with van der Waals surface area (Å²) in [5.74, 6) is -0.887. The third-order valence-corrected chi connectivity index (χ3v) is 2.55. The van der Waals surface area contributed by atoms with Crippen LogP contribution < -0.4 is 0 Å². The zero-order valence-electron chi connectivity index (χ0n) is 9.50. The maximum Gasteiger partial charge on any atom is 0.309 e. The van der Waals surface area contributed by atoms with Gasteiger partial charge in [0.15, 0.2) is 0 Å². The summed E-state index contributed by atoms with van der Waals surface area (Å²) < 4.78 is 1.59. The van der Waals surface area contributed by atoms with Gasteiger partial charge in [-0.3, -0.25) is 4.79 Å². The Morgan fingerprint density at radius 3 is 2.88 bits per heavy atom. The predicted octanol–water partition coefficient (Wildman–Crippen LogP) is 1.46. The number of rotatable bonds is 4. The molecule has 0 aliphatic heterocycles. The van der Waals surface area contributed by atoms with Crippen LogP contribution in [0.25, 0.3) is 5.69 Å². The second kappa shape index (κ2) is 4.78. The van der Waals surface area contributed by atoms with E-state index in [0.717, 1.165) is 17.7 Å². The highest BCUT2D eigenvalue weighted by Crippen LogP contribution is 2.16. The fourth-order valence-electron chi connectivity index (χ4n) is 1.75. The van der Waals surface area contributed by atoms with Crippen LogP contribution in [0.4, 0.5) is 0 Å². The second-order valence-electron chi connectivity index (χ2n) is 3.69. The van der Waals surface area contributed by atoms with Gasteiger partial charge in [-0.25, -0.2) is 4.68 Å². The quantitative estimate of drug-likeness (QED) is 0.864. The van der Waals surface area contributed by atoms with Crippen LogP contribution in [0.5, 0.6) is 0 Å². The highest BCUT2D eigenvalue weighted by atomic mass is 16.4. The van der Waals surface area contributed by atoms with Crippen molar-refractivity contribution in [3.63, 3.8) is 0 Å². The van der Waals surface area contributed by atoms with Crippen molar-refractivity contribution in [1.29, 1.82) is 0 Å². The van der Waals surface area contributed by atoms with Gasteiger partial charge in [-0.05, 0) is 18.1 Å². The molecule has 2 rings (SSSR count). The summed E-state index contributed by atoms with van der Waals surface area (Å²) in [7, 11) is 0. The molecule has 0 bridgehead atoms. The number of hydrogen-bond donors (Lipinski definition) is 1. The highest BCUT2D eigenvalue weighted by Gasteiger charge is 2.11. The lowest BCUT2D eigenvalue weighted by molar-refractivity contribution is -0.136. The van der Waals surface area contributed by atoms with Gasteiger partial charge in [0.25, 0.3) is 0 Å². The fraction of sp³-hybridized carbons (Fsp3) is 0.250. The molecule has 0 spiro atoms. The molecule has 1 heterocycles. The van der Waals surface area contributed by atoms with Crippen LogP contribution in [0.2, 0.25) is 0 Å². The van der Waals surface area contributed by atoms with E-state index in [-0.39, 0.29) is 6.42 Å². The van der Waals surface area contributed by atoms with Crippen molar-refractivity contribution >= 4 is 5.97 Å². The molecule has 17 heavy (non-hydrogen) atoms. The van der Waals surface area contributed by atoms with E-state index in [1.165, 1.54) is 6.20 Å². The van der Waals surface area contributed by atoms with Crippen molar-refractivity contribution in [3.05, 3.63) is 41.7 Å². The largest absolute Gasteiger partial charge is 0.481 e. The Kier molecular flexibility index (Phi) is 3.18. The van der Waals surface area contributed by atoms with Crippen LogP contribution in [0.3, 0.4) is 0 Å². The van der Waals surface area contributed by atoms with Gasteiger partial charge in [0.05, 0.1) is 24.0 Å². The summed E-state index contributed by atoms with van der Waals surface area (Å²) in [4.78, 5) is 10.7. The minimum Gasteiger partial charge on any atom is -0.481 e. The van der Waals surface area contributed by atoms with Crippen LogP contribution in [-0.4, -0.2) is 26.1 Å². The Labute approximate surface area is 98.7 Å².